The van der Waals surface area contributed by atoms with Gasteiger partial charge in [-0.05, 0) is 62.4 Å². The first-order valence-electron chi connectivity index (χ1n) is 12.0. The summed E-state index contributed by atoms with van der Waals surface area (Å²) >= 11 is 1.59. The van der Waals surface area contributed by atoms with Crippen LogP contribution in [0.5, 0.6) is 17.2 Å². The highest BCUT2D eigenvalue weighted by Crippen LogP contribution is 2.39. The zero-order chi connectivity index (χ0) is 26.0. The van der Waals surface area contributed by atoms with Crippen LogP contribution < -0.4 is 19.1 Å². The summed E-state index contributed by atoms with van der Waals surface area (Å²) in [6.45, 7) is 7.13. The van der Waals surface area contributed by atoms with Gasteiger partial charge in [0.2, 0.25) is 5.75 Å². The molecule has 0 spiro atoms. The van der Waals surface area contributed by atoms with E-state index in [1.165, 1.54) is 0 Å². The van der Waals surface area contributed by atoms with Crippen molar-refractivity contribution in [2.45, 2.75) is 50.2 Å². The summed E-state index contributed by atoms with van der Waals surface area (Å²) in [5, 5.41) is 2.61. The van der Waals surface area contributed by atoms with E-state index in [1.54, 1.807) is 32.7 Å². The van der Waals surface area contributed by atoms with E-state index in [0.29, 0.717) is 54.5 Å². The van der Waals surface area contributed by atoms with E-state index in [0.717, 1.165) is 33.1 Å². The number of thiazole rings is 1. The lowest BCUT2D eigenvalue weighted by atomic mass is 10.1. The van der Waals surface area contributed by atoms with Crippen molar-refractivity contribution in [3.05, 3.63) is 57.6 Å². The van der Waals surface area contributed by atoms with E-state index in [1.807, 2.05) is 45.0 Å². The Labute approximate surface area is 218 Å². The van der Waals surface area contributed by atoms with Gasteiger partial charge in [-0.2, -0.15) is 0 Å². The molecule has 1 aliphatic heterocycles. The molecule has 0 bridgehead atoms. The van der Waals surface area contributed by atoms with Crippen molar-refractivity contribution in [3.63, 3.8) is 0 Å². The summed E-state index contributed by atoms with van der Waals surface area (Å²) in [5.41, 5.74) is 4.72. The van der Waals surface area contributed by atoms with Crippen LogP contribution in [0.1, 0.15) is 40.8 Å². The zero-order valence-electron chi connectivity index (χ0n) is 21.8. The third-order valence-electron chi connectivity index (χ3n) is 6.69. The number of methoxy groups -OCH3 is 3. The first-order chi connectivity index (χ1) is 17.2. The topological polar surface area (TPSA) is 78.0 Å². The molecule has 0 saturated carbocycles. The summed E-state index contributed by atoms with van der Waals surface area (Å²) in [6, 6.07) is 7.79. The number of aromatic nitrogens is 1. The minimum atomic E-state index is -3.38. The van der Waals surface area contributed by atoms with Crippen molar-refractivity contribution in [2.24, 2.45) is 0 Å². The van der Waals surface area contributed by atoms with Crippen LogP contribution in [0.2, 0.25) is 0 Å². The fourth-order valence-electron chi connectivity index (χ4n) is 5.11. The monoisotopic (exact) mass is 530 g/mol. The van der Waals surface area contributed by atoms with E-state index in [9.17, 15) is 8.42 Å². The third kappa shape index (κ3) is 5.18. The van der Waals surface area contributed by atoms with Crippen molar-refractivity contribution < 1.29 is 22.6 Å². The standard InChI is InChI=1S/C27H34N2O5S2/c1-17-11-18(2)26(19(3)12-17)36(30,31)22-7-9-29(10-8-22)27-28-21(16-35-27)13-20-14-23(32-4)25(34-6)24(15-20)33-5/h11-12,14-16,22H,7-10,13H2,1-6H3. The molecule has 0 aliphatic carbocycles. The largest absolute Gasteiger partial charge is 0.493 e. The Bertz CT molecular complexity index is 1290. The molecule has 9 heteroatoms. The van der Waals surface area contributed by atoms with Crippen molar-refractivity contribution >= 4 is 26.3 Å². The molecular formula is C27H34N2O5S2. The van der Waals surface area contributed by atoms with Gasteiger partial charge in [0.05, 0.1) is 37.2 Å². The number of ether oxygens (including phenoxy) is 3. The Balaban J connectivity index is 1.45. The van der Waals surface area contributed by atoms with Crippen LogP contribution in [0, 0.1) is 20.8 Å². The van der Waals surface area contributed by atoms with Crippen molar-refractivity contribution in [3.8, 4) is 17.2 Å². The predicted molar refractivity (Wildman–Crippen MR) is 144 cm³/mol. The first kappa shape index (κ1) is 26.3. The number of hydrogen-bond donors (Lipinski definition) is 0. The maximum absolute atomic E-state index is 13.5. The highest BCUT2D eigenvalue weighted by Gasteiger charge is 2.34. The summed E-state index contributed by atoms with van der Waals surface area (Å²) in [4.78, 5) is 7.55. The molecule has 1 fully saturated rings. The fraction of sp³-hybridized carbons (Fsp3) is 0.444. The van der Waals surface area contributed by atoms with Crippen LogP contribution in [0.4, 0.5) is 5.13 Å². The van der Waals surface area contributed by atoms with Crippen LogP contribution in [-0.4, -0.2) is 53.1 Å². The molecule has 1 aromatic heterocycles. The second kappa shape index (κ2) is 10.7. The molecule has 3 aromatic rings. The number of rotatable bonds is 8. The highest BCUT2D eigenvalue weighted by atomic mass is 32.2. The van der Waals surface area contributed by atoms with Gasteiger partial charge in [0.15, 0.2) is 26.5 Å². The van der Waals surface area contributed by atoms with Gasteiger partial charge in [-0.15, -0.1) is 11.3 Å². The number of nitrogens with zero attached hydrogens (tertiary/aromatic N) is 2. The summed E-state index contributed by atoms with van der Waals surface area (Å²) in [5.74, 6) is 1.80. The van der Waals surface area contributed by atoms with Crippen LogP contribution in [0.25, 0.3) is 0 Å². The number of hydrogen-bond acceptors (Lipinski definition) is 8. The second-order valence-corrected chi connectivity index (χ2v) is 12.3. The van der Waals surface area contributed by atoms with Gasteiger partial charge in [-0.3, -0.25) is 0 Å². The molecule has 194 valence electrons. The molecule has 0 radical (unpaired) electrons. The quantitative estimate of drug-likeness (QED) is 0.400. The van der Waals surface area contributed by atoms with Crippen LogP contribution in [0.3, 0.4) is 0 Å². The Morgan fingerprint density at radius 1 is 0.944 bits per heavy atom. The van der Waals surface area contributed by atoms with Gasteiger partial charge in [0, 0.05) is 24.9 Å². The first-order valence-corrected chi connectivity index (χ1v) is 14.4. The van der Waals surface area contributed by atoms with Crippen molar-refractivity contribution in [1.29, 1.82) is 0 Å². The maximum atomic E-state index is 13.5. The number of benzene rings is 2. The van der Waals surface area contributed by atoms with E-state index in [-0.39, 0.29) is 5.25 Å². The predicted octanol–water partition coefficient (Wildman–Crippen LogP) is 5.13. The van der Waals surface area contributed by atoms with E-state index in [2.05, 4.69) is 10.3 Å². The molecule has 2 heterocycles. The Morgan fingerprint density at radius 2 is 1.53 bits per heavy atom. The average molecular weight is 531 g/mol. The second-order valence-electron chi connectivity index (χ2n) is 9.29. The van der Waals surface area contributed by atoms with Gasteiger partial charge in [-0.1, -0.05) is 17.7 Å². The van der Waals surface area contributed by atoms with Gasteiger partial charge in [0.25, 0.3) is 0 Å². The van der Waals surface area contributed by atoms with Crippen LogP contribution in [0.15, 0.2) is 34.5 Å². The summed E-state index contributed by atoms with van der Waals surface area (Å²) < 4.78 is 43.3. The lowest BCUT2D eigenvalue weighted by Gasteiger charge is -2.32. The van der Waals surface area contributed by atoms with Gasteiger partial charge < -0.3 is 19.1 Å². The summed E-state index contributed by atoms with van der Waals surface area (Å²) in [6.07, 6.45) is 1.82. The average Bonchev–Trinajstić information content (AvgIpc) is 3.31. The van der Waals surface area contributed by atoms with E-state index in [4.69, 9.17) is 19.2 Å². The highest BCUT2D eigenvalue weighted by molar-refractivity contribution is 7.92. The van der Waals surface area contributed by atoms with Crippen LogP contribution >= 0.6 is 11.3 Å². The molecule has 0 atom stereocenters. The molecule has 7 nitrogen and oxygen atoms in total. The Kier molecular flexibility index (Phi) is 7.80. The Morgan fingerprint density at radius 3 is 2.06 bits per heavy atom. The maximum Gasteiger partial charge on any atom is 0.203 e. The lowest BCUT2D eigenvalue weighted by molar-refractivity contribution is 0.324. The molecule has 0 unspecified atom stereocenters. The van der Waals surface area contributed by atoms with Crippen molar-refractivity contribution in [2.75, 3.05) is 39.3 Å². The van der Waals surface area contributed by atoms with Crippen molar-refractivity contribution in [1.82, 2.24) is 4.98 Å². The third-order valence-corrected chi connectivity index (χ3v) is 10.2. The molecule has 4 rings (SSSR count). The van der Waals surface area contributed by atoms with E-state index >= 15 is 0 Å². The summed E-state index contributed by atoms with van der Waals surface area (Å²) in [7, 11) is 1.42. The smallest absolute Gasteiger partial charge is 0.203 e. The Hall–Kier alpha value is -2.78. The number of anilines is 1. The minimum Gasteiger partial charge on any atom is -0.493 e. The molecule has 1 saturated heterocycles. The number of sulfone groups is 1. The SMILES string of the molecule is COc1cc(Cc2csc(N3CCC(S(=O)(=O)c4c(C)cc(C)cc4C)CC3)n2)cc(OC)c1OC. The molecule has 0 N–H and O–H groups in total. The van der Waals surface area contributed by atoms with Crippen LogP contribution in [-0.2, 0) is 16.3 Å². The minimum absolute atomic E-state index is 0.368. The lowest BCUT2D eigenvalue weighted by Crippen LogP contribution is -2.39. The molecule has 0 amide bonds. The van der Waals surface area contributed by atoms with Gasteiger partial charge in [0.1, 0.15) is 0 Å². The molecular weight excluding hydrogens is 496 g/mol. The number of aryl methyl sites for hydroxylation is 3. The zero-order valence-corrected chi connectivity index (χ0v) is 23.4. The fourth-order valence-corrected chi connectivity index (χ4v) is 8.17. The van der Waals surface area contributed by atoms with E-state index < -0.39 is 9.84 Å². The normalized spacial score (nSPS) is 14.7. The van der Waals surface area contributed by atoms with Gasteiger partial charge in [-0.25, -0.2) is 13.4 Å². The molecule has 2 aromatic carbocycles. The molecule has 1 aliphatic rings. The molecule has 36 heavy (non-hydrogen) atoms. The number of piperidine rings is 1. The van der Waals surface area contributed by atoms with Gasteiger partial charge >= 0.3 is 0 Å².